The first-order chi connectivity index (χ1) is 9.22. The molecule has 0 spiro atoms. The Kier molecular flexibility index (Phi) is 5.46. The maximum atomic E-state index is 6.01. The van der Waals surface area contributed by atoms with Gasteiger partial charge in [0, 0.05) is 18.5 Å². The molecule has 0 radical (unpaired) electrons. The van der Waals surface area contributed by atoms with Gasteiger partial charge in [0.15, 0.2) is 0 Å². The van der Waals surface area contributed by atoms with Gasteiger partial charge in [0.1, 0.15) is 11.5 Å². The fourth-order valence-electron chi connectivity index (χ4n) is 3.04. The first-order valence-corrected chi connectivity index (χ1v) is 7.80. The van der Waals surface area contributed by atoms with Crippen molar-refractivity contribution >= 4 is 0 Å². The van der Waals surface area contributed by atoms with Crippen LogP contribution in [0.4, 0.5) is 0 Å². The van der Waals surface area contributed by atoms with Crippen LogP contribution in [0.2, 0.25) is 0 Å². The second-order valence-electron chi connectivity index (χ2n) is 5.76. The molecule has 19 heavy (non-hydrogen) atoms. The molecule has 108 valence electrons. The van der Waals surface area contributed by atoms with Gasteiger partial charge < -0.3 is 10.2 Å². The lowest BCUT2D eigenvalue weighted by atomic mass is 9.90. The van der Waals surface area contributed by atoms with E-state index in [9.17, 15) is 0 Å². The third kappa shape index (κ3) is 4.08. The highest BCUT2D eigenvalue weighted by Gasteiger charge is 2.24. The number of aryl methyl sites for hydroxylation is 1. The Morgan fingerprint density at radius 3 is 2.42 bits per heavy atom. The molecule has 3 nitrogen and oxygen atoms in total. The summed E-state index contributed by atoms with van der Waals surface area (Å²) in [6.07, 6.45) is 6.99. The lowest BCUT2D eigenvalue weighted by Crippen LogP contribution is -2.40. The summed E-state index contributed by atoms with van der Waals surface area (Å²) in [4.78, 5) is 2.59. The molecule has 0 saturated heterocycles. The van der Waals surface area contributed by atoms with Crippen molar-refractivity contribution in [2.45, 2.75) is 71.0 Å². The van der Waals surface area contributed by atoms with Gasteiger partial charge in [0.05, 0.1) is 6.54 Å². The smallest absolute Gasteiger partial charge is 0.118 e. The van der Waals surface area contributed by atoms with Gasteiger partial charge in [-0.05, 0) is 50.8 Å². The molecule has 1 aliphatic carbocycles. The first-order valence-electron chi connectivity index (χ1n) is 7.80. The van der Waals surface area contributed by atoms with Gasteiger partial charge in [-0.2, -0.15) is 0 Å². The molecule has 2 rings (SSSR count). The Balaban J connectivity index is 1.95. The molecular formula is C16H28N2O. The van der Waals surface area contributed by atoms with Crippen molar-refractivity contribution in [3.8, 4) is 0 Å². The number of furan rings is 1. The molecular weight excluding hydrogens is 236 g/mol. The topological polar surface area (TPSA) is 42.4 Å². The van der Waals surface area contributed by atoms with E-state index >= 15 is 0 Å². The molecule has 0 bridgehead atoms. The van der Waals surface area contributed by atoms with E-state index in [4.69, 9.17) is 10.2 Å². The predicted octanol–water partition coefficient (Wildman–Crippen LogP) is 3.32. The number of hydrogen-bond acceptors (Lipinski definition) is 3. The van der Waals surface area contributed by atoms with Crippen molar-refractivity contribution in [2.24, 2.45) is 5.73 Å². The molecule has 3 heteroatoms. The van der Waals surface area contributed by atoms with Crippen LogP contribution >= 0.6 is 0 Å². The number of nitrogens with zero attached hydrogens (tertiary/aromatic N) is 1. The summed E-state index contributed by atoms with van der Waals surface area (Å²) in [5.41, 5.74) is 6.01. The minimum atomic E-state index is 0.426. The van der Waals surface area contributed by atoms with E-state index in [1.165, 1.54) is 32.1 Å². The Bertz CT molecular complexity index is 367. The van der Waals surface area contributed by atoms with Gasteiger partial charge in [-0.3, -0.25) is 4.90 Å². The van der Waals surface area contributed by atoms with Crippen molar-refractivity contribution in [3.63, 3.8) is 0 Å². The summed E-state index contributed by atoms with van der Waals surface area (Å²) in [7, 11) is 0. The highest BCUT2D eigenvalue weighted by molar-refractivity contribution is 5.07. The van der Waals surface area contributed by atoms with Gasteiger partial charge in [0.25, 0.3) is 0 Å². The molecule has 1 aromatic heterocycles. The summed E-state index contributed by atoms with van der Waals surface area (Å²) in [6.45, 7) is 6.49. The SMILES string of the molecule is CCCN(Cc1ccc(CC)o1)C1CCC(N)CC1. The van der Waals surface area contributed by atoms with E-state index in [0.717, 1.165) is 31.0 Å². The van der Waals surface area contributed by atoms with Crippen LogP contribution in [-0.2, 0) is 13.0 Å². The zero-order chi connectivity index (χ0) is 13.7. The molecule has 2 N–H and O–H groups in total. The number of hydrogen-bond donors (Lipinski definition) is 1. The monoisotopic (exact) mass is 264 g/mol. The quantitative estimate of drug-likeness (QED) is 0.857. The largest absolute Gasteiger partial charge is 0.465 e. The molecule has 1 aromatic rings. The van der Waals surface area contributed by atoms with Crippen LogP contribution in [0.5, 0.6) is 0 Å². The summed E-state index contributed by atoms with van der Waals surface area (Å²) in [6, 6.07) is 5.36. The van der Waals surface area contributed by atoms with Gasteiger partial charge in [-0.1, -0.05) is 13.8 Å². The van der Waals surface area contributed by atoms with E-state index in [-0.39, 0.29) is 0 Å². The molecule has 1 saturated carbocycles. The third-order valence-corrected chi connectivity index (χ3v) is 4.19. The highest BCUT2D eigenvalue weighted by Crippen LogP contribution is 2.24. The van der Waals surface area contributed by atoms with E-state index in [1.807, 2.05) is 0 Å². The Labute approximate surface area is 117 Å². The molecule has 0 aliphatic heterocycles. The lowest BCUT2D eigenvalue weighted by Gasteiger charge is -2.35. The summed E-state index contributed by atoms with van der Waals surface area (Å²) >= 11 is 0. The maximum Gasteiger partial charge on any atom is 0.118 e. The van der Waals surface area contributed by atoms with Gasteiger partial charge in [-0.15, -0.1) is 0 Å². The van der Waals surface area contributed by atoms with Gasteiger partial charge in [-0.25, -0.2) is 0 Å². The van der Waals surface area contributed by atoms with Gasteiger partial charge >= 0.3 is 0 Å². The van der Waals surface area contributed by atoms with Crippen molar-refractivity contribution in [2.75, 3.05) is 6.54 Å². The fraction of sp³-hybridized carbons (Fsp3) is 0.750. The van der Waals surface area contributed by atoms with Crippen LogP contribution in [0.25, 0.3) is 0 Å². The second kappa shape index (κ2) is 7.11. The first kappa shape index (κ1) is 14.6. The Morgan fingerprint density at radius 1 is 1.16 bits per heavy atom. The molecule has 0 unspecified atom stereocenters. The van der Waals surface area contributed by atoms with Crippen LogP contribution in [0, 0.1) is 0 Å². The molecule has 0 aromatic carbocycles. The number of nitrogens with two attached hydrogens (primary N) is 1. The predicted molar refractivity (Wildman–Crippen MR) is 79.0 cm³/mol. The maximum absolute atomic E-state index is 6.01. The minimum Gasteiger partial charge on any atom is -0.465 e. The van der Waals surface area contributed by atoms with Crippen LogP contribution in [0.1, 0.15) is 57.5 Å². The Hall–Kier alpha value is -0.800. The van der Waals surface area contributed by atoms with E-state index in [1.54, 1.807) is 0 Å². The van der Waals surface area contributed by atoms with Crippen LogP contribution in [0.15, 0.2) is 16.5 Å². The van der Waals surface area contributed by atoms with Crippen molar-refractivity contribution in [1.82, 2.24) is 4.90 Å². The van der Waals surface area contributed by atoms with Crippen molar-refractivity contribution in [3.05, 3.63) is 23.7 Å². The molecule has 1 fully saturated rings. The fourth-order valence-corrected chi connectivity index (χ4v) is 3.04. The van der Waals surface area contributed by atoms with Crippen LogP contribution in [0.3, 0.4) is 0 Å². The van der Waals surface area contributed by atoms with E-state index in [0.29, 0.717) is 12.1 Å². The summed E-state index contributed by atoms with van der Waals surface area (Å²) in [5.74, 6) is 2.21. The normalized spacial score (nSPS) is 24.0. The van der Waals surface area contributed by atoms with Crippen molar-refractivity contribution < 1.29 is 4.42 Å². The zero-order valence-corrected chi connectivity index (χ0v) is 12.4. The molecule has 0 atom stereocenters. The third-order valence-electron chi connectivity index (χ3n) is 4.19. The van der Waals surface area contributed by atoms with E-state index < -0.39 is 0 Å². The molecule has 0 amide bonds. The second-order valence-corrected chi connectivity index (χ2v) is 5.76. The summed E-state index contributed by atoms with van der Waals surface area (Å²) < 4.78 is 5.86. The summed E-state index contributed by atoms with van der Waals surface area (Å²) in [5, 5.41) is 0. The van der Waals surface area contributed by atoms with Crippen molar-refractivity contribution in [1.29, 1.82) is 0 Å². The number of rotatable bonds is 6. The minimum absolute atomic E-state index is 0.426. The highest BCUT2D eigenvalue weighted by atomic mass is 16.3. The van der Waals surface area contributed by atoms with Crippen LogP contribution < -0.4 is 5.73 Å². The lowest BCUT2D eigenvalue weighted by molar-refractivity contribution is 0.132. The average Bonchev–Trinajstić information content (AvgIpc) is 2.87. The van der Waals surface area contributed by atoms with Gasteiger partial charge in [0.2, 0.25) is 0 Å². The molecule has 1 heterocycles. The molecule has 1 aliphatic rings. The van der Waals surface area contributed by atoms with E-state index in [2.05, 4.69) is 30.9 Å². The standard InChI is InChI=1S/C16H28N2O/c1-3-11-18(14-7-5-13(17)6-8-14)12-16-10-9-15(4-2)19-16/h9-10,13-14H,3-8,11-12,17H2,1-2H3. The average molecular weight is 264 g/mol. The van der Waals surface area contributed by atoms with Crippen LogP contribution in [-0.4, -0.2) is 23.5 Å². The Morgan fingerprint density at radius 2 is 1.84 bits per heavy atom. The zero-order valence-electron chi connectivity index (χ0n) is 12.4.